The van der Waals surface area contributed by atoms with Crippen molar-refractivity contribution in [1.82, 2.24) is 0 Å². The Morgan fingerprint density at radius 3 is 0.750 bits per heavy atom. The van der Waals surface area contributed by atoms with Gasteiger partial charge >= 0.3 is 0 Å². The topological polar surface area (TPSA) is 38.7 Å². The second-order valence-electron chi connectivity index (χ2n) is 12.7. The van der Waals surface area contributed by atoms with Gasteiger partial charge in [0.1, 0.15) is 6.10 Å². The van der Waals surface area contributed by atoms with E-state index in [0.29, 0.717) is 13.2 Å². The molecule has 0 saturated heterocycles. The molecule has 0 fully saturated rings. The molecule has 1 N–H and O–H groups in total. The molecule has 0 amide bonds. The molecule has 1 unspecified atom stereocenters. The molecule has 0 aromatic carbocycles. The zero-order valence-corrected chi connectivity index (χ0v) is 27.9. The first-order valence-corrected chi connectivity index (χ1v) is 18.6. The highest BCUT2D eigenvalue weighted by molar-refractivity contribution is 4.54. The van der Waals surface area contributed by atoms with E-state index >= 15 is 0 Å². The van der Waals surface area contributed by atoms with E-state index in [2.05, 4.69) is 13.8 Å². The summed E-state index contributed by atoms with van der Waals surface area (Å²) in [5.41, 5.74) is 0. The van der Waals surface area contributed by atoms with Crippen LogP contribution in [0.4, 0.5) is 0 Å². The molecule has 0 heterocycles. The lowest BCUT2D eigenvalue weighted by molar-refractivity contribution is -0.0201. The third-order valence-electron chi connectivity index (χ3n) is 8.40. The number of rotatable bonds is 36. The van der Waals surface area contributed by atoms with Gasteiger partial charge in [0.25, 0.3) is 0 Å². The van der Waals surface area contributed by atoms with Crippen LogP contribution < -0.4 is 0 Å². The van der Waals surface area contributed by atoms with Crippen LogP contribution in [0.25, 0.3) is 0 Å². The van der Waals surface area contributed by atoms with Gasteiger partial charge in [-0.05, 0) is 12.8 Å². The van der Waals surface area contributed by atoms with Crippen molar-refractivity contribution >= 4 is 0 Å². The predicted octanol–water partition coefficient (Wildman–Crippen LogP) is 12.1. The van der Waals surface area contributed by atoms with E-state index in [1.165, 1.54) is 180 Å². The highest BCUT2D eigenvalue weighted by Gasteiger charge is 2.04. The van der Waals surface area contributed by atoms with Crippen LogP contribution in [-0.4, -0.2) is 37.6 Å². The molecule has 0 bridgehead atoms. The lowest BCUT2D eigenvalue weighted by Gasteiger charge is -2.12. The van der Waals surface area contributed by atoms with Crippen LogP contribution in [0.15, 0.2) is 0 Å². The first-order chi connectivity index (χ1) is 19.8. The fraction of sp³-hybridized carbons (Fsp3) is 1.00. The number of hydrogen-bond acceptors (Lipinski definition) is 3. The Balaban J connectivity index is 3.13. The lowest BCUT2D eigenvalue weighted by Crippen LogP contribution is -2.22. The summed E-state index contributed by atoms with van der Waals surface area (Å²) in [5.74, 6) is 0. The maximum Gasteiger partial charge on any atom is 0.101 e. The number of ether oxygens (including phenoxy) is 2. The minimum Gasteiger partial charge on any atom is -0.388 e. The first kappa shape index (κ1) is 39.9. The van der Waals surface area contributed by atoms with E-state index in [0.717, 1.165) is 26.1 Å². The van der Waals surface area contributed by atoms with Crippen molar-refractivity contribution in [3.05, 3.63) is 0 Å². The zero-order valence-electron chi connectivity index (χ0n) is 27.9. The number of aliphatic hydroxyl groups excluding tert-OH is 1. The molecule has 3 nitrogen and oxygen atoms in total. The maximum atomic E-state index is 10.0. The van der Waals surface area contributed by atoms with Crippen LogP contribution in [0.1, 0.15) is 206 Å². The van der Waals surface area contributed by atoms with Gasteiger partial charge in [0.05, 0.1) is 13.2 Å². The summed E-state index contributed by atoms with van der Waals surface area (Å²) in [7, 11) is 0. The molecule has 0 aromatic heterocycles. The Labute approximate surface area is 253 Å². The summed E-state index contributed by atoms with van der Waals surface area (Å²) in [6.07, 6.45) is 41.0. The molecule has 242 valence electrons. The molecule has 3 heteroatoms. The minimum absolute atomic E-state index is 0.414. The van der Waals surface area contributed by atoms with Crippen LogP contribution >= 0.6 is 0 Å². The molecule has 1 atom stereocenters. The Hall–Kier alpha value is -0.120. The van der Waals surface area contributed by atoms with Gasteiger partial charge in [-0.3, -0.25) is 0 Å². The van der Waals surface area contributed by atoms with Crippen LogP contribution in [0.3, 0.4) is 0 Å². The molecular formula is C37H76O3. The molecule has 0 aliphatic rings. The number of hydrogen-bond donors (Lipinski definition) is 1. The van der Waals surface area contributed by atoms with E-state index in [4.69, 9.17) is 9.47 Å². The summed E-state index contributed by atoms with van der Waals surface area (Å²) in [5, 5.41) is 10.0. The van der Waals surface area contributed by atoms with Crippen molar-refractivity contribution in [2.45, 2.75) is 213 Å². The molecular weight excluding hydrogens is 492 g/mol. The standard InChI is InChI=1S/C37H76O3/c1-3-5-7-9-11-13-15-17-19-20-22-24-26-28-30-32-34-40-36-37(38)35-39-33-31-29-27-25-23-21-18-16-14-12-10-8-6-4-2/h37-38H,3-36H2,1-2H3. The Bertz CT molecular complexity index is 428. The highest BCUT2D eigenvalue weighted by atomic mass is 16.5. The SMILES string of the molecule is CCCCCCCCCCCCCCCCCCOCC(O)COCCCCCCCCCCCCCCCC. The van der Waals surface area contributed by atoms with Crippen LogP contribution in [0, 0.1) is 0 Å². The van der Waals surface area contributed by atoms with Gasteiger partial charge in [0.2, 0.25) is 0 Å². The Morgan fingerprint density at radius 2 is 0.525 bits per heavy atom. The molecule has 0 aliphatic heterocycles. The van der Waals surface area contributed by atoms with E-state index < -0.39 is 6.10 Å². The molecule has 0 aromatic rings. The summed E-state index contributed by atoms with van der Waals surface area (Å²) < 4.78 is 11.3. The summed E-state index contributed by atoms with van der Waals surface area (Å²) >= 11 is 0. The van der Waals surface area contributed by atoms with Crippen molar-refractivity contribution in [1.29, 1.82) is 0 Å². The van der Waals surface area contributed by atoms with Gasteiger partial charge in [-0.15, -0.1) is 0 Å². The average molecular weight is 569 g/mol. The fourth-order valence-corrected chi connectivity index (χ4v) is 5.64. The van der Waals surface area contributed by atoms with Gasteiger partial charge in [0, 0.05) is 13.2 Å². The summed E-state index contributed by atoms with van der Waals surface area (Å²) in [6.45, 7) is 6.95. The molecule has 0 aliphatic carbocycles. The van der Waals surface area contributed by atoms with Gasteiger partial charge in [0.15, 0.2) is 0 Å². The van der Waals surface area contributed by atoms with E-state index in [1.54, 1.807) is 0 Å². The fourth-order valence-electron chi connectivity index (χ4n) is 5.64. The minimum atomic E-state index is -0.479. The Kier molecular flexibility index (Phi) is 36.8. The smallest absolute Gasteiger partial charge is 0.101 e. The number of aliphatic hydroxyl groups is 1. The first-order valence-electron chi connectivity index (χ1n) is 18.6. The van der Waals surface area contributed by atoms with Crippen molar-refractivity contribution in [3.8, 4) is 0 Å². The monoisotopic (exact) mass is 569 g/mol. The summed E-state index contributed by atoms with van der Waals surface area (Å²) in [6, 6.07) is 0. The van der Waals surface area contributed by atoms with Gasteiger partial charge < -0.3 is 14.6 Å². The Morgan fingerprint density at radius 1 is 0.325 bits per heavy atom. The zero-order chi connectivity index (χ0) is 29.0. The molecule has 0 saturated carbocycles. The molecule has 0 spiro atoms. The van der Waals surface area contributed by atoms with Crippen molar-refractivity contribution in [2.24, 2.45) is 0 Å². The normalized spacial score (nSPS) is 12.4. The highest BCUT2D eigenvalue weighted by Crippen LogP contribution is 2.15. The van der Waals surface area contributed by atoms with Crippen LogP contribution in [0.2, 0.25) is 0 Å². The van der Waals surface area contributed by atoms with E-state index in [1.807, 2.05) is 0 Å². The molecule has 0 rings (SSSR count). The van der Waals surface area contributed by atoms with E-state index in [9.17, 15) is 5.11 Å². The molecule has 40 heavy (non-hydrogen) atoms. The van der Waals surface area contributed by atoms with Crippen molar-refractivity contribution in [3.63, 3.8) is 0 Å². The largest absolute Gasteiger partial charge is 0.388 e. The second kappa shape index (κ2) is 36.9. The van der Waals surface area contributed by atoms with Crippen LogP contribution in [-0.2, 0) is 9.47 Å². The number of unbranched alkanes of at least 4 members (excludes halogenated alkanes) is 28. The third-order valence-corrected chi connectivity index (χ3v) is 8.40. The van der Waals surface area contributed by atoms with Crippen molar-refractivity contribution in [2.75, 3.05) is 26.4 Å². The third kappa shape index (κ3) is 35.9. The molecule has 0 radical (unpaired) electrons. The van der Waals surface area contributed by atoms with Crippen LogP contribution in [0.5, 0.6) is 0 Å². The predicted molar refractivity (Wildman–Crippen MR) is 178 cm³/mol. The van der Waals surface area contributed by atoms with Gasteiger partial charge in [-0.25, -0.2) is 0 Å². The second-order valence-corrected chi connectivity index (χ2v) is 12.7. The maximum absolute atomic E-state index is 10.0. The summed E-state index contributed by atoms with van der Waals surface area (Å²) in [4.78, 5) is 0. The van der Waals surface area contributed by atoms with Crippen molar-refractivity contribution < 1.29 is 14.6 Å². The average Bonchev–Trinajstić information content (AvgIpc) is 2.96. The van der Waals surface area contributed by atoms with Gasteiger partial charge in [-0.2, -0.15) is 0 Å². The lowest BCUT2D eigenvalue weighted by atomic mass is 10.0. The quantitative estimate of drug-likeness (QED) is 0.0764. The van der Waals surface area contributed by atoms with Gasteiger partial charge in [-0.1, -0.05) is 194 Å². The van der Waals surface area contributed by atoms with E-state index in [-0.39, 0.29) is 0 Å².